The zero-order chi connectivity index (χ0) is 12.8. The van der Waals surface area contributed by atoms with E-state index in [1.807, 2.05) is 12.1 Å². The molecular weight excluding hydrogens is 312 g/mol. The largest absolute Gasteiger partial charge is 0.385 e. The zero-order valence-electron chi connectivity index (χ0n) is 10.4. The second kappa shape index (κ2) is 7.07. The highest BCUT2D eigenvalue weighted by atomic mass is 79.9. The van der Waals surface area contributed by atoms with Gasteiger partial charge in [0.1, 0.15) is 0 Å². The van der Waals surface area contributed by atoms with Gasteiger partial charge in [-0.1, -0.05) is 27.3 Å². The molecule has 0 unspecified atom stereocenters. The van der Waals surface area contributed by atoms with Gasteiger partial charge in [-0.3, -0.25) is 0 Å². The summed E-state index contributed by atoms with van der Waals surface area (Å²) in [7, 11) is 1.75. The van der Waals surface area contributed by atoms with Crippen molar-refractivity contribution in [2.75, 3.05) is 25.6 Å². The maximum Gasteiger partial charge on any atom is 0.183 e. The SMILES string of the molecule is COCCCCCNc1nc2ccc(Br)cc2s1. The van der Waals surface area contributed by atoms with Crippen molar-refractivity contribution in [1.82, 2.24) is 4.98 Å². The number of ether oxygens (including phenoxy) is 1. The van der Waals surface area contributed by atoms with Crippen LogP contribution in [0.5, 0.6) is 0 Å². The average Bonchev–Trinajstić information content (AvgIpc) is 2.75. The number of hydrogen-bond acceptors (Lipinski definition) is 4. The molecule has 0 saturated carbocycles. The second-order valence-corrected chi connectivity index (χ2v) is 6.06. The summed E-state index contributed by atoms with van der Waals surface area (Å²) in [6, 6.07) is 6.17. The molecule has 5 heteroatoms. The number of benzene rings is 1. The van der Waals surface area contributed by atoms with Crippen LogP contribution in [0.1, 0.15) is 19.3 Å². The molecule has 0 aliphatic rings. The smallest absolute Gasteiger partial charge is 0.183 e. The first-order chi connectivity index (χ1) is 8.79. The fraction of sp³-hybridized carbons (Fsp3) is 0.462. The van der Waals surface area contributed by atoms with E-state index in [0.717, 1.165) is 41.1 Å². The highest BCUT2D eigenvalue weighted by Gasteiger charge is 2.03. The topological polar surface area (TPSA) is 34.1 Å². The average molecular weight is 329 g/mol. The molecule has 0 spiro atoms. The van der Waals surface area contributed by atoms with Crippen LogP contribution in [0, 0.1) is 0 Å². The normalized spacial score (nSPS) is 11.0. The van der Waals surface area contributed by atoms with Crippen LogP contribution in [0.25, 0.3) is 10.2 Å². The fourth-order valence-corrected chi connectivity index (χ4v) is 3.16. The minimum atomic E-state index is 0.856. The summed E-state index contributed by atoms with van der Waals surface area (Å²) in [5.74, 6) is 0. The summed E-state index contributed by atoms with van der Waals surface area (Å²) in [4.78, 5) is 4.55. The fourth-order valence-electron chi connectivity index (χ4n) is 1.72. The predicted molar refractivity (Wildman–Crippen MR) is 81.5 cm³/mol. The summed E-state index contributed by atoms with van der Waals surface area (Å²) >= 11 is 5.18. The Kier molecular flexibility index (Phi) is 5.41. The number of nitrogens with zero attached hydrogens (tertiary/aromatic N) is 1. The van der Waals surface area contributed by atoms with Crippen LogP contribution in [0.4, 0.5) is 5.13 Å². The molecule has 0 aliphatic carbocycles. The summed E-state index contributed by atoms with van der Waals surface area (Å²) in [5, 5.41) is 4.39. The first kappa shape index (κ1) is 13.8. The van der Waals surface area contributed by atoms with Gasteiger partial charge in [0.2, 0.25) is 0 Å². The summed E-state index contributed by atoms with van der Waals surface area (Å²) in [6.45, 7) is 1.83. The number of unbranched alkanes of at least 4 members (excludes halogenated alkanes) is 2. The first-order valence-corrected chi connectivity index (χ1v) is 7.69. The summed E-state index contributed by atoms with van der Waals surface area (Å²) < 4.78 is 7.34. The molecule has 0 fully saturated rings. The Bertz CT molecular complexity index is 501. The molecule has 2 aromatic rings. The Hall–Kier alpha value is -0.650. The molecule has 0 bridgehead atoms. The van der Waals surface area contributed by atoms with E-state index in [1.54, 1.807) is 18.4 Å². The van der Waals surface area contributed by atoms with Crippen molar-refractivity contribution in [3.63, 3.8) is 0 Å². The van der Waals surface area contributed by atoms with Gasteiger partial charge >= 0.3 is 0 Å². The number of fused-ring (bicyclic) bond motifs is 1. The third-order valence-electron chi connectivity index (χ3n) is 2.65. The Morgan fingerprint density at radius 1 is 1.33 bits per heavy atom. The predicted octanol–water partition coefficient (Wildman–Crippen LogP) is 4.29. The van der Waals surface area contributed by atoms with Crippen LogP contribution >= 0.6 is 27.3 Å². The molecule has 18 heavy (non-hydrogen) atoms. The maximum atomic E-state index is 5.02. The molecule has 0 saturated heterocycles. The zero-order valence-corrected chi connectivity index (χ0v) is 12.8. The van der Waals surface area contributed by atoms with Crippen molar-refractivity contribution < 1.29 is 4.74 Å². The Labute approximate surface area is 120 Å². The molecule has 0 atom stereocenters. The van der Waals surface area contributed by atoms with E-state index in [1.165, 1.54) is 11.1 Å². The lowest BCUT2D eigenvalue weighted by atomic mass is 10.2. The maximum absolute atomic E-state index is 5.02. The molecule has 1 aromatic heterocycles. The number of thiazole rings is 1. The number of rotatable bonds is 7. The van der Waals surface area contributed by atoms with Crippen LogP contribution in [-0.4, -0.2) is 25.2 Å². The van der Waals surface area contributed by atoms with Gasteiger partial charge in [-0.2, -0.15) is 0 Å². The Morgan fingerprint density at radius 3 is 3.06 bits per heavy atom. The second-order valence-electron chi connectivity index (χ2n) is 4.11. The van der Waals surface area contributed by atoms with Crippen molar-refractivity contribution in [3.05, 3.63) is 22.7 Å². The standard InChI is InChI=1S/C13H17BrN2OS/c1-17-8-4-2-3-7-15-13-16-11-6-5-10(14)9-12(11)18-13/h5-6,9H,2-4,7-8H2,1H3,(H,15,16). The van der Waals surface area contributed by atoms with Crippen molar-refractivity contribution in [2.45, 2.75) is 19.3 Å². The molecule has 2 rings (SSSR count). The Balaban J connectivity index is 1.81. The molecular formula is C13H17BrN2OS. The molecule has 0 radical (unpaired) electrons. The van der Waals surface area contributed by atoms with E-state index in [0.29, 0.717) is 0 Å². The molecule has 98 valence electrons. The van der Waals surface area contributed by atoms with Crippen molar-refractivity contribution in [2.24, 2.45) is 0 Å². The van der Waals surface area contributed by atoms with Crippen LogP contribution in [0.2, 0.25) is 0 Å². The quantitative estimate of drug-likeness (QED) is 0.770. The number of halogens is 1. The summed E-state index contributed by atoms with van der Waals surface area (Å²) in [5.41, 5.74) is 1.06. The van der Waals surface area contributed by atoms with Gasteiger partial charge in [-0.15, -0.1) is 0 Å². The van der Waals surface area contributed by atoms with E-state index < -0.39 is 0 Å². The molecule has 0 aliphatic heterocycles. The highest BCUT2D eigenvalue weighted by molar-refractivity contribution is 9.10. The lowest BCUT2D eigenvalue weighted by Crippen LogP contribution is -2.01. The van der Waals surface area contributed by atoms with Crippen molar-refractivity contribution >= 4 is 42.6 Å². The minimum absolute atomic E-state index is 0.856. The van der Waals surface area contributed by atoms with Gasteiger partial charge in [0.25, 0.3) is 0 Å². The lowest BCUT2D eigenvalue weighted by Gasteiger charge is -2.01. The molecule has 0 amide bonds. The number of anilines is 1. The van der Waals surface area contributed by atoms with E-state index in [4.69, 9.17) is 4.74 Å². The summed E-state index contributed by atoms with van der Waals surface area (Å²) in [6.07, 6.45) is 3.48. The van der Waals surface area contributed by atoms with Gasteiger partial charge in [-0.25, -0.2) is 4.98 Å². The van der Waals surface area contributed by atoms with Crippen molar-refractivity contribution in [3.8, 4) is 0 Å². The van der Waals surface area contributed by atoms with Gasteiger partial charge in [0.15, 0.2) is 5.13 Å². The Morgan fingerprint density at radius 2 is 2.22 bits per heavy atom. The third-order valence-corrected chi connectivity index (χ3v) is 4.12. The number of aromatic nitrogens is 1. The molecule has 1 aromatic carbocycles. The molecule has 1 N–H and O–H groups in total. The number of hydrogen-bond donors (Lipinski definition) is 1. The van der Waals surface area contributed by atoms with Crippen LogP contribution < -0.4 is 5.32 Å². The van der Waals surface area contributed by atoms with E-state index in [9.17, 15) is 0 Å². The van der Waals surface area contributed by atoms with Gasteiger partial charge in [0, 0.05) is 24.7 Å². The highest BCUT2D eigenvalue weighted by Crippen LogP contribution is 2.28. The van der Waals surface area contributed by atoms with Gasteiger partial charge in [-0.05, 0) is 37.5 Å². The van der Waals surface area contributed by atoms with Gasteiger partial charge in [0.05, 0.1) is 10.2 Å². The van der Waals surface area contributed by atoms with E-state index in [2.05, 4.69) is 32.3 Å². The molecule has 1 heterocycles. The number of nitrogens with one attached hydrogen (secondary N) is 1. The van der Waals surface area contributed by atoms with Gasteiger partial charge < -0.3 is 10.1 Å². The third kappa shape index (κ3) is 3.93. The van der Waals surface area contributed by atoms with Crippen molar-refractivity contribution in [1.29, 1.82) is 0 Å². The van der Waals surface area contributed by atoms with Crippen LogP contribution in [0.15, 0.2) is 22.7 Å². The monoisotopic (exact) mass is 328 g/mol. The van der Waals surface area contributed by atoms with Crippen LogP contribution in [0.3, 0.4) is 0 Å². The molecule has 3 nitrogen and oxygen atoms in total. The van der Waals surface area contributed by atoms with E-state index >= 15 is 0 Å². The lowest BCUT2D eigenvalue weighted by molar-refractivity contribution is 0.192. The van der Waals surface area contributed by atoms with Crippen LogP contribution in [-0.2, 0) is 4.74 Å². The first-order valence-electron chi connectivity index (χ1n) is 6.08. The minimum Gasteiger partial charge on any atom is -0.385 e. The number of methoxy groups -OCH3 is 1. The van der Waals surface area contributed by atoms with E-state index in [-0.39, 0.29) is 0 Å².